The molecule has 0 aromatic heterocycles. The molecule has 140 valence electrons. The number of carbonyl (C=O) groups is 1. The zero-order chi connectivity index (χ0) is 20.1. The van der Waals surface area contributed by atoms with Gasteiger partial charge in [0, 0.05) is 29.4 Å². The van der Waals surface area contributed by atoms with Crippen LogP contribution in [-0.4, -0.2) is 28.8 Å². The highest BCUT2D eigenvalue weighted by molar-refractivity contribution is 6.32. The fraction of sp³-hybridized carbons (Fsp3) is 0.222. The standard InChI is InChI=1S/C18H16Cl2N4O3/c1-11(18(25)22-14-4-3-12(9-21)17(20)8-14)23(2)10-13-7-15(24(26)27)5-6-16(13)19/h3-8,11H,10H2,1-2H3,(H,22,25). The van der Waals surface area contributed by atoms with E-state index in [0.717, 1.165) is 0 Å². The van der Waals surface area contributed by atoms with Crippen LogP contribution in [0.3, 0.4) is 0 Å². The molecule has 0 saturated heterocycles. The zero-order valence-corrected chi connectivity index (χ0v) is 16.1. The zero-order valence-electron chi connectivity index (χ0n) is 14.6. The van der Waals surface area contributed by atoms with Crippen molar-refractivity contribution in [3.63, 3.8) is 0 Å². The van der Waals surface area contributed by atoms with Gasteiger partial charge in [-0.3, -0.25) is 19.8 Å². The summed E-state index contributed by atoms with van der Waals surface area (Å²) in [7, 11) is 1.71. The Morgan fingerprint density at radius 2 is 2.00 bits per heavy atom. The Bertz CT molecular complexity index is 927. The third-order valence-electron chi connectivity index (χ3n) is 4.06. The van der Waals surface area contributed by atoms with Crippen LogP contribution >= 0.6 is 23.2 Å². The monoisotopic (exact) mass is 406 g/mol. The highest BCUT2D eigenvalue weighted by Gasteiger charge is 2.20. The quantitative estimate of drug-likeness (QED) is 0.571. The van der Waals surface area contributed by atoms with Gasteiger partial charge in [-0.2, -0.15) is 5.26 Å². The Kier molecular flexibility index (Phi) is 6.75. The van der Waals surface area contributed by atoms with E-state index < -0.39 is 11.0 Å². The lowest BCUT2D eigenvalue weighted by atomic mass is 10.1. The number of nitro benzene ring substituents is 1. The van der Waals surface area contributed by atoms with Crippen LogP contribution in [-0.2, 0) is 11.3 Å². The van der Waals surface area contributed by atoms with Gasteiger partial charge in [-0.05, 0) is 43.8 Å². The number of hydrogen-bond acceptors (Lipinski definition) is 5. The largest absolute Gasteiger partial charge is 0.325 e. The number of benzene rings is 2. The lowest BCUT2D eigenvalue weighted by molar-refractivity contribution is -0.384. The molecule has 0 aliphatic rings. The van der Waals surface area contributed by atoms with Crippen LogP contribution in [0.25, 0.3) is 0 Å². The van der Waals surface area contributed by atoms with Crippen molar-refractivity contribution in [2.45, 2.75) is 19.5 Å². The van der Waals surface area contributed by atoms with E-state index in [1.165, 1.54) is 30.3 Å². The van der Waals surface area contributed by atoms with Crippen molar-refractivity contribution in [2.24, 2.45) is 0 Å². The fourth-order valence-electron chi connectivity index (χ4n) is 2.33. The molecule has 1 amide bonds. The number of nitriles is 1. The van der Waals surface area contributed by atoms with Crippen molar-refractivity contribution in [1.82, 2.24) is 4.90 Å². The third-order valence-corrected chi connectivity index (χ3v) is 4.74. The number of nitrogens with zero attached hydrogens (tertiary/aromatic N) is 3. The fourth-order valence-corrected chi connectivity index (χ4v) is 2.73. The number of nitro groups is 1. The molecule has 2 aromatic carbocycles. The first-order valence-corrected chi connectivity index (χ1v) is 8.62. The molecule has 0 radical (unpaired) electrons. The summed E-state index contributed by atoms with van der Waals surface area (Å²) in [6.45, 7) is 1.95. The van der Waals surface area contributed by atoms with Gasteiger partial charge < -0.3 is 5.32 Å². The van der Waals surface area contributed by atoms with Crippen molar-refractivity contribution < 1.29 is 9.72 Å². The summed E-state index contributed by atoms with van der Waals surface area (Å²) in [5.74, 6) is -0.292. The molecular formula is C18H16Cl2N4O3. The second-order valence-corrected chi connectivity index (χ2v) is 6.73. The van der Waals surface area contributed by atoms with Crippen LogP contribution in [0.4, 0.5) is 11.4 Å². The molecule has 0 aliphatic carbocycles. The van der Waals surface area contributed by atoms with Crippen LogP contribution in [0.2, 0.25) is 10.0 Å². The Morgan fingerprint density at radius 3 is 2.59 bits per heavy atom. The highest BCUT2D eigenvalue weighted by atomic mass is 35.5. The van der Waals surface area contributed by atoms with E-state index in [9.17, 15) is 14.9 Å². The molecule has 0 aliphatic heterocycles. The summed E-state index contributed by atoms with van der Waals surface area (Å²) in [5, 5.41) is 23.2. The average Bonchev–Trinajstić information content (AvgIpc) is 2.62. The summed E-state index contributed by atoms with van der Waals surface area (Å²) < 4.78 is 0. The Balaban J connectivity index is 2.08. The lowest BCUT2D eigenvalue weighted by Gasteiger charge is -2.24. The summed E-state index contributed by atoms with van der Waals surface area (Å²) in [5.41, 5.74) is 1.28. The van der Waals surface area contributed by atoms with Crippen LogP contribution in [0.5, 0.6) is 0 Å². The van der Waals surface area contributed by atoms with Crippen molar-refractivity contribution in [3.05, 3.63) is 67.7 Å². The normalized spacial score (nSPS) is 11.7. The molecule has 0 fully saturated rings. The van der Waals surface area contributed by atoms with Gasteiger partial charge in [0.25, 0.3) is 5.69 Å². The van der Waals surface area contributed by atoms with Gasteiger partial charge in [-0.25, -0.2) is 0 Å². The molecule has 0 bridgehead atoms. The van der Waals surface area contributed by atoms with Crippen LogP contribution < -0.4 is 5.32 Å². The van der Waals surface area contributed by atoms with E-state index in [2.05, 4.69) is 5.32 Å². The molecule has 9 heteroatoms. The second kappa shape index (κ2) is 8.82. The molecule has 0 spiro atoms. The van der Waals surface area contributed by atoms with Gasteiger partial charge in [-0.15, -0.1) is 0 Å². The number of anilines is 1. The maximum atomic E-state index is 12.5. The van der Waals surface area contributed by atoms with Gasteiger partial charge in [0.15, 0.2) is 0 Å². The van der Waals surface area contributed by atoms with E-state index in [1.807, 2.05) is 6.07 Å². The number of nitrogens with one attached hydrogen (secondary N) is 1. The topological polar surface area (TPSA) is 99.3 Å². The number of carbonyl (C=O) groups excluding carboxylic acids is 1. The highest BCUT2D eigenvalue weighted by Crippen LogP contribution is 2.24. The third kappa shape index (κ3) is 5.17. The number of likely N-dealkylation sites (N-methyl/N-ethyl adjacent to an activating group) is 1. The Hall–Kier alpha value is -2.66. The predicted molar refractivity (Wildman–Crippen MR) is 104 cm³/mol. The van der Waals surface area contributed by atoms with Gasteiger partial charge >= 0.3 is 0 Å². The molecule has 2 rings (SSSR count). The van der Waals surface area contributed by atoms with Gasteiger partial charge in [0.05, 0.1) is 21.6 Å². The molecule has 27 heavy (non-hydrogen) atoms. The van der Waals surface area contributed by atoms with E-state index in [4.69, 9.17) is 28.5 Å². The van der Waals surface area contributed by atoms with Crippen molar-refractivity contribution in [2.75, 3.05) is 12.4 Å². The minimum atomic E-state index is -0.547. The van der Waals surface area contributed by atoms with Gasteiger partial charge in [0.2, 0.25) is 5.91 Å². The van der Waals surface area contributed by atoms with Gasteiger partial charge in [0.1, 0.15) is 6.07 Å². The van der Waals surface area contributed by atoms with Crippen molar-refractivity contribution in [1.29, 1.82) is 5.26 Å². The maximum absolute atomic E-state index is 12.5. The van der Waals surface area contributed by atoms with E-state index in [-0.39, 0.29) is 23.2 Å². The molecule has 0 saturated carbocycles. The number of hydrogen-bond donors (Lipinski definition) is 1. The second-order valence-electron chi connectivity index (χ2n) is 5.92. The van der Waals surface area contributed by atoms with Crippen LogP contribution in [0.15, 0.2) is 36.4 Å². The molecular weight excluding hydrogens is 391 g/mol. The summed E-state index contributed by atoms with van der Waals surface area (Å²) in [4.78, 5) is 24.6. The molecule has 2 aromatic rings. The smallest absolute Gasteiger partial charge is 0.269 e. The minimum absolute atomic E-state index is 0.0628. The molecule has 1 unspecified atom stereocenters. The van der Waals surface area contributed by atoms with E-state index >= 15 is 0 Å². The first-order valence-electron chi connectivity index (χ1n) is 7.86. The Labute approximate surface area is 166 Å². The SMILES string of the molecule is CC(C(=O)Nc1ccc(C#N)c(Cl)c1)N(C)Cc1cc([N+](=O)[O-])ccc1Cl. The predicted octanol–water partition coefficient (Wildman–Crippen LogP) is 4.23. The maximum Gasteiger partial charge on any atom is 0.269 e. The van der Waals surface area contributed by atoms with Gasteiger partial charge in [-0.1, -0.05) is 23.2 Å². The van der Waals surface area contributed by atoms with E-state index in [0.29, 0.717) is 21.8 Å². The van der Waals surface area contributed by atoms with Crippen LogP contribution in [0.1, 0.15) is 18.1 Å². The molecule has 0 heterocycles. The summed E-state index contributed by atoms with van der Waals surface area (Å²) >= 11 is 12.1. The van der Waals surface area contributed by atoms with Crippen molar-refractivity contribution >= 4 is 40.5 Å². The number of amides is 1. The summed E-state index contributed by atoms with van der Waals surface area (Å²) in [6, 6.07) is 10.2. The number of non-ortho nitro benzene ring substituents is 1. The average molecular weight is 407 g/mol. The van der Waals surface area contributed by atoms with E-state index in [1.54, 1.807) is 24.9 Å². The van der Waals surface area contributed by atoms with Crippen molar-refractivity contribution in [3.8, 4) is 6.07 Å². The number of halogens is 2. The first kappa shape index (κ1) is 20.6. The molecule has 1 N–H and O–H groups in total. The summed E-state index contributed by atoms with van der Waals surface area (Å²) in [6.07, 6.45) is 0. The first-order chi connectivity index (χ1) is 12.7. The number of rotatable bonds is 6. The minimum Gasteiger partial charge on any atom is -0.325 e. The Morgan fingerprint density at radius 1 is 1.30 bits per heavy atom. The van der Waals surface area contributed by atoms with Crippen LogP contribution in [0, 0.1) is 21.4 Å². The molecule has 1 atom stereocenters. The lowest BCUT2D eigenvalue weighted by Crippen LogP contribution is -2.39. The molecule has 7 nitrogen and oxygen atoms in total.